The Kier molecular flexibility index (Phi) is 6.17. The second kappa shape index (κ2) is 9.43. The normalized spacial score (nSPS) is 12.2. The lowest BCUT2D eigenvalue weighted by Crippen LogP contribution is -2.32. The highest BCUT2D eigenvalue weighted by atomic mass is 79.9. The Hall–Kier alpha value is -3.84. The van der Waals surface area contributed by atoms with Crippen LogP contribution in [0.1, 0.15) is 38.7 Å². The van der Waals surface area contributed by atoms with Gasteiger partial charge in [0.25, 0.3) is 0 Å². The van der Waals surface area contributed by atoms with Crippen molar-refractivity contribution in [3.8, 4) is 11.1 Å². The highest BCUT2D eigenvalue weighted by Gasteiger charge is 2.30. The van der Waals surface area contributed by atoms with E-state index in [9.17, 15) is 14.7 Å². The number of carbonyl (C=O) groups excluding carboxylic acids is 1. The minimum absolute atomic E-state index is 0.0857. The van der Waals surface area contributed by atoms with Gasteiger partial charge in [0.1, 0.15) is 12.4 Å². The molecule has 176 valence electrons. The first-order valence-corrected chi connectivity index (χ1v) is 11.9. The fourth-order valence-corrected chi connectivity index (χ4v) is 4.89. The maximum Gasteiger partial charge on any atom is 0.414 e. The molecule has 1 amide bonds. The van der Waals surface area contributed by atoms with Crippen LogP contribution in [0.5, 0.6) is 0 Å². The number of furan rings is 1. The topological polar surface area (TPSA) is 80.0 Å². The van der Waals surface area contributed by atoms with E-state index in [2.05, 4.69) is 40.2 Å². The van der Waals surface area contributed by atoms with Crippen molar-refractivity contribution in [1.29, 1.82) is 0 Å². The predicted molar refractivity (Wildman–Crippen MR) is 136 cm³/mol. The number of rotatable bonds is 6. The summed E-state index contributed by atoms with van der Waals surface area (Å²) in [5.74, 6) is -0.623. The molecule has 0 unspecified atom stereocenters. The maximum atomic E-state index is 13.5. The number of hydrogen-bond acceptors (Lipinski definition) is 4. The van der Waals surface area contributed by atoms with Crippen molar-refractivity contribution >= 4 is 33.7 Å². The van der Waals surface area contributed by atoms with E-state index >= 15 is 0 Å². The number of aromatic carboxylic acids is 1. The average molecular weight is 532 g/mol. The van der Waals surface area contributed by atoms with Gasteiger partial charge in [-0.25, -0.2) is 9.59 Å². The largest absolute Gasteiger partial charge is 0.478 e. The summed E-state index contributed by atoms with van der Waals surface area (Å²) in [6, 6.07) is 24.4. The Bertz CT molecular complexity index is 1380. The molecule has 0 spiro atoms. The van der Waals surface area contributed by atoms with E-state index in [4.69, 9.17) is 9.15 Å². The molecule has 6 nitrogen and oxygen atoms in total. The monoisotopic (exact) mass is 531 g/mol. The van der Waals surface area contributed by atoms with Crippen molar-refractivity contribution in [2.45, 2.75) is 19.4 Å². The molecule has 0 fully saturated rings. The van der Waals surface area contributed by atoms with E-state index in [1.807, 2.05) is 31.2 Å². The van der Waals surface area contributed by atoms with Gasteiger partial charge in [-0.15, -0.1) is 0 Å². The second-order valence-electron chi connectivity index (χ2n) is 8.40. The average Bonchev–Trinajstić information content (AvgIpc) is 3.42. The molecule has 1 aliphatic carbocycles. The van der Waals surface area contributed by atoms with E-state index in [1.54, 1.807) is 18.2 Å². The number of aryl methyl sites for hydroxylation is 1. The van der Waals surface area contributed by atoms with Gasteiger partial charge in [0.05, 0.1) is 17.8 Å². The summed E-state index contributed by atoms with van der Waals surface area (Å²) >= 11 is 3.29. The van der Waals surface area contributed by atoms with Crippen LogP contribution in [-0.2, 0) is 11.3 Å². The molecular formula is C28H22BrNO5. The first-order valence-electron chi connectivity index (χ1n) is 11.1. The maximum absolute atomic E-state index is 13.5. The van der Waals surface area contributed by atoms with Crippen molar-refractivity contribution in [2.75, 3.05) is 11.5 Å². The van der Waals surface area contributed by atoms with Gasteiger partial charge >= 0.3 is 12.1 Å². The zero-order chi connectivity index (χ0) is 24.5. The highest BCUT2D eigenvalue weighted by Crippen LogP contribution is 2.44. The summed E-state index contributed by atoms with van der Waals surface area (Å²) in [5, 5.41) is 9.49. The van der Waals surface area contributed by atoms with Crippen LogP contribution in [0.4, 0.5) is 10.5 Å². The third-order valence-electron chi connectivity index (χ3n) is 6.25. The fraction of sp³-hybridized carbons (Fsp3) is 0.143. The van der Waals surface area contributed by atoms with Crippen molar-refractivity contribution < 1.29 is 23.8 Å². The molecule has 7 heteroatoms. The smallest absolute Gasteiger partial charge is 0.414 e. The molecule has 1 aliphatic rings. The zero-order valence-electron chi connectivity index (χ0n) is 18.9. The van der Waals surface area contributed by atoms with Crippen molar-refractivity contribution in [2.24, 2.45) is 0 Å². The van der Waals surface area contributed by atoms with Crippen LogP contribution >= 0.6 is 15.9 Å². The predicted octanol–water partition coefficient (Wildman–Crippen LogP) is 7.00. The summed E-state index contributed by atoms with van der Waals surface area (Å²) in [6.45, 7) is 2.07. The fourth-order valence-electron chi connectivity index (χ4n) is 4.55. The molecule has 0 saturated carbocycles. The quantitative estimate of drug-likeness (QED) is 0.289. The summed E-state index contributed by atoms with van der Waals surface area (Å²) in [5.41, 5.74) is 5.81. The lowest BCUT2D eigenvalue weighted by atomic mass is 9.98. The van der Waals surface area contributed by atoms with Crippen LogP contribution in [0.25, 0.3) is 11.1 Å². The van der Waals surface area contributed by atoms with Crippen LogP contribution in [-0.4, -0.2) is 23.8 Å². The molecule has 0 atom stereocenters. The number of halogens is 1. The Morgan fingerprint density at radius 3 is 2.23 bits per heavy atom. The molecule has 0 saturated heterocycles. The summed E-state index contributed by atoms with van der Waals surface area (Å²) < 4.78 is 12.0. The minimum atomic E-state index is -1.07. The van der Waals surface area contributed by atoms with E-state index < -0.39 is 12.1 Å². The molecule has 35 heavy (non-hydrogen) atoms. The van der Waals surface area contributed by atoms with Gasteiger partial charge in [-0.3, -0.25) is 4.90 Å². The molecule has 0 aliphatic heterocycles. The van der Waals surface area contributed by atoms with E-state index in [1.165, 1.54) is 17.0 Å². The highest BCUT2D eigenvalue weighted by molar-refractivity contribution is 9.10. The zero-order valence-corrected chi connectivity index (χ0v) is 20.5. The molecule has 1 heterocycles. The van der Waals surface area contributed by atoms with Crippen LogP contribution in [0.3, 0.4) is 0 Å². The third-order valence-corrected chi connectivity index (χ3v) is 6.67. The van der Waals surface area contributed by atoms with Crippen LogP contribution in [0.2, 0.25) is 0 Å². The lowest BCUT2D eigenvalue weighted by molar-refractivity contribution is 0.0696. The second-order valence-corrected chi connectivity index (χ2v) is 9.18. The summed E-state index contributed by atoms with van der Waals surface area (Å²) in [4.78, 5) is 26.5. The van der Waals surface area contributed by atoms with Crippen molar-refractivity contribution in [1.82, 2.24) is 0 Å². The number of hydrogen-bond donors (Lipinski definition) is 1. The number of amides is 1. The van der Waals surface area contributed by atoms with Crippen LogP contribution in [0, 0.1) is 6.92 Å². The minimum Gasteiger partial charge on any atom is -0.478 e. The number of nitrogens with zero attached hydrogens (tertiary/aromatic N) is 1. The first-order chi connectivity index (χ1) is 16.9. The van der Waals surface area contributed by atoms with E-state index in [0.29, 0.717) is 16.1 Å². The van der Waals surface area contributed by atoms with E-state index in [0.717, 1.165) is 27.8 Å². The van der Waals surface area contributed by atoms with Gasteiger partial charge < -0.3 is 14.3 Å². The molecule has 1 aromatic heterocycles. The van der Waals surface area contributed by atoms with E-state index in [-0.39, 0.29) is 24.6 Å². The molecule has 0 radical (unpaired) electrons. The van der Waals surface area contributed by atoms with Gasteiger partial charge in [-0.05, 0) is 74.9 Å². The van der Waals surface area contributed by atoms with Gasteiger partial charge in [0, 0.05) is 5.92 Å². The Morgan fingerprint density at radius 1 is 0.971 bits per heavy atom. The Balaban J connectivity index is 1.45. The number of fused-ring (bicyclic) bond motifs is 3. The summed E-state index contributed by atoms with van der Waals surface area (Å²) in [7, 11) is 0. The number of carbonyl (C=O) groups is 2. The SMILES string of the molecule is Cc1ccc(C(=O)O)cc1N(Cc1ccc(Br)o1)C(=O)OCC1c2ccccc2-c2ccccc21. The molecule has 1 N–H and O–H groups in total. The summed E-state index contributed by atoms with van der Waals surface area (Å²) in [6.07, 6.45) is -0.579. The molecule has 5 rings (SSSR count). The van der Waals surface area contributed by atoms with Crippen LogP contribution < -0.4 is 4.90 Å². The standard InChI is InChI=1S/C28H22BrNO5/c1-17-10-11-18(27(31)32)14-25(17)30(15-19-12-13-26(29)35-19)28(33)34-16-24-22-8-4-2-6-20(22)21-7-3-5-9-23(21)24/h2-14,24H,15-16H2,1H3,(H,31,32). The van der Waals surface area contributed by atoms with Crippen LogP contribution in [0.15, 0.2) is 87.9 Å². The van der Waals surface area contributed by atoms with Gasteiger partial charge in [-0.2, -0.15) is 0 Å². The van der Waals surface area contributed by atoms with Gasteiger partial charge in [0.2, 0.25) is 0 Å². The lowest BCUT2D eigenvalue weighted by Gasteiger charge is -2.24. The number of carboxylic acids is 1. The molecule has 3 aromatic carbocycles. The molecular weight excluding hydrogens is 510 g/mol. The number of carboxylic acid groups (broad SMARTS) is 1. The van der Waals surface area contributed by atoms with Crippen molar-refractivity contribution in [3.63, 3.8) is 0 Å². The third kappa shape index (κ3) is 4.47. The Morgan fingerprint density at radius 2 is 1.63 bits per heavy atom. The van der Waals surface area contributed by atoms with Crippen molar-refractivity contribution in [3.05, 3.63) is 112 Å². The number of anilines is 1. The van der Waals surface area contributed by atoms with Gasteiger partial charge in [-0.1, -0.05) is 54.6 Å². The first kappa shape index (κ1) is 22.9. The number of benzene rings is 3. The van der Waals surface area contributed by atoms with Gasteiger partial charge in [0.15, 0.2) is 4.67 Å². The Labute approximate surface area is 210 Å². The molecule has 4 aromatic rings. The number of ether oxygens (including phenoxy) is 1. The molecule has 0 bridgehead atoms.